The molecule has 6 unspecified atom stereocenters. The van der Waals surface area contributed by atoms with Crippen LogP contribution >= 0.6 is 34.0 Å². The number of esters is 2. The van der Waals surface area contributed by atoms with Crippen molar-refractivity contribution in [3.63, 3.8) is 0 Å². The highest BCUT2D eigenvalue weighted by Gasteiger charge is 2.47. The van der Waals surface area contributed by atoms with Gasteiger partial charge in [0.25, 0.3) is 0 Å². The average Bonchev–Trinajstić information content (AvgIpc) is 1.47. The molecule has 6 aliphatic carbocycles. The number of rotatable bonds is 16. The third-order valence-electron chi connectivity index (χ3n) is 25.0. The third kappa shape index (κ3) is 17.2. The second kappa shape index (κ2) is 30.6. The number of ether oxygens (including phenoxy) is 2. The molecule has 3 aliphatic heterocycles. The second-order valence-electron chi connectivity index (χ2n) is 35.2. The first-order chi connectivity index (χ1) is 47.6. The number of aromatic nitrogens is 3. The van der Waals surface area contributed by atoms with E-state index in [2.05, 4.69) is 169 Å². The van der Waals surface area contributed by atoms with Crippen LogP contribution < -0.4 is 5.32 Å². The standard InChI is InChI=1S/C29H40N2O2S.C27H38N2OS.C22H30N2S.C7H10O3/c1-6-33-27(32)22-15-21(22)17-31-13-9-19(10-14-31)26-30-25(18-34-26)20-7-8-23-24(16-20)29(4,5)12-11-28(23,2)3;1-26(2)9-10-27(3,4)23-14-19(5-6-22(23)26)24-17-31-25(28-24)18-7-11-29(12-8-18)15-20-13-21(20)16-30;1-21(2)9-10-22(3,4)18-13-16(5-6-17(18)21)19-14-25-20(24-19)15-7-11-23-12-8-15;1-2-10-7(9)6-3-5(6)4-8/h7-8,16,18-19,21-22H,6,9-15,17H2,1-5H3;5-6,14,17-18,20-21,30H,7-13,15-16H2,1-4H3;5-6,13-15,23H,7-12H2,1-4H3;4-6H,2-3H2,1H3. The molecular formula is C85H118N6O6S3. The predicted molar refractivity (Wildman–Crippen MR) is 411 cm³/mol. The molecule has 3 saturated carbocycles. The molecule has 6 heterocycles. The van der Waals surface area contributed by atoms with Gasteiger partial charge in [0.05, 0.1) is 57.2 Å². The number of benzene rings is 3. The lowest BCUT2D eigenvalue weighted by Gasteiger charge is -2.42. The number of thiazole rings is 3. The van der Waals surface area contributed by atoms with Crippen LogP contribution in [0.4, 0.5) is 0 Å². The van der Waals surface area contributed by atoms with Gasteiger partial charge in [0, 0.05) is 76.2 Å². The van der Waals surface area contributed by atoms with Gasteiger partial charge >= 0.3 is 11.9 Å². The number of carbonyl (C=O) groups excluding carboxylic acids is 3. The molecule has 3 aromatic heterocycles. The Bertz CT molecular complexity index is 3810. The molecule has 3 aromatic carbocycles. The zero-order chi connectivity index (χ0) is 71.1. The Labute approximate surface area is 611 Å². The quantitative estimate of drug-likeness (QED) is 0.0702. The van der Waals surface area contributed by atoms with Crippen LogP contribution in [0.5, 0.6) is 0 Å². The predicted octanol–water partition coefficient (Wildman–Crippen LogP) is 18.5. The first kappa shape index (κ1) is 74.7. The van der Waals surface area contributed by atoms with Crippen LogP contribution in [0.15, 0.2) is 70.7 Å². The second-order valence-corrected chi connectivity index (χ2v) is 37.8. The number of hydrogen-bond donors (Lipinski definition) is 2. The Morgan fingerprint density at radius 3 is 1.17 bits per heavy atom. The molecule has 6 aromatic rings. The first-order valence-electron chi connectivity index (χ1n) is 38.5. The summed E-state index contributed by atoms with van der Waals surface area (Å²) in [6, 6.07) is 21.3. The van der Waals surface area contributed by atoms with Crippen LogP contribution in [-0.2, 0) is 56.3 Å². The number of aldehydes is 1. The monoisotopic (exact) mass is 1410 g/mol. The van der Waals surface area contributed by atoms with E-state index >= 15 is 0 Å². The van der Waals surface area contributed by atoms with Crippen molar-refractivity contribution in [2.45, 2.75) is 243 Å². The normalized spacial score (nSPS) is 26.1. The minimum absolute atomic E-state index is 0.00632. The maximum absolute atomic E-state index is 11.9. The van der Waals surface area contributed by atoms with Crippen molar-refractivity contribution in [3.8, 4) is 33.8 Å². The number of aliphatic hydroxyl groups is 1. The Kier molecular flexibility index (Phi) is 22.9. The fourth-order valence-corrected chi connectivity index (χ4v) is 20.2. The SMILES string of the molecule is CC1(C)CCC(C)(C)c2cc(-c3csc(C4CCN(CC5CC5CO)CC4)n3)ccc21.CC1(C)CCC(C)(C)c2cc(-c3csc(C4CCNCC4)n3)ccc21.CCOC(=O)C1CC1C=O.CCOC(=O)C1CC1CN1CCC(c2nc(-c3ccc4c(c3)C(C)(C)CCC4(C)C)cs2)CC1. The molecule has 9 aliphatic rings. The number of piperidine rings is 3. The molecule has 15 heteroatoms. The van der Waals surface area contributed by atoms with Crippen molar-refractivity contribution in [1.82, 2.24) is 30.1 Å². The number of aliphatic hydroxyl groups excluding tert-OH is 1. The van der Waals surface area contributed by atoms with E-state index in [1.807, 2.05) is 40.9 Å². The lowest BCUT2D eigenvalue weighted by Crippen LogP contribution is -2.35. The van der Waals surface area contributed by atoms with Gasteiger partial charge in [-0.3, -0.25) is 9.59 Å². The van der Waals surface area contributed by atoms with Crippen LogP contribution in [-0.4, -0.2) is 120 Å². The summed E-state index contributed by atoms with van der Waals surface area (Å²) in [7, 11) is 0. The van der Waals surface area contributed by atoms with Crippen molar-refractivity contribution >= 4 is 52.2 Å². The highest BCUT2D eigenvalue weighted by Crippen LogP contribution is 2.51. The van der Waals surface area contributed by atoms with E-state index in [1.54, 1.807) is 6.92 Å². The maximum atomic E-state index is 11.9. The Morgan fingerprint density at radius 2 is 0.830 bits per heavy atom. The van der Waals surface area contributed by atoms with Gasteiger partial charge in [-0.15, -0.1) is 34.0 Å². The van der Waals surface area contributed by atoms with E-state index in [1.165, 1.54) is 161 Å². The minimum atomic E-state index is -0.223. The van der Waals surface area contributed by atoms with E-state index in [9.17, 15) is 19.5 Å². The number of nitrogens with one attached hydrogen (secondary N) is 1. The molecule has 15 rings (SSSR count). The summed E-state index contributed by atoms with van der Waals surface area (Å²) in [5.74, 6) is 3.37. The highest BCUT2D eigenvalue weighted by atomic mass is 32.1. The lowest BCUT2D eigenvalue weighted by molar-refractivity contribution is -0.146. The lowest BCUT2D eigenvalue weighted by atomic mass is 9.63. The van der Waals surface area contributed by atoms with Gasteiger partial charge in [-0.25, -0.2) is 15.0 Å². The van der Waals surface area contributed by atoms with Gasteiger partial charge < -0.3 is 34.5 Å². The molecule has 0 amide bonds. The molecule has 0 spiro atoms. The summed E-state index contributed by atoms with van der Waals surface area (Å²) in [5, 5.41) is 23.5. The Balaban J connectivity index is 0.000000134. The van der Waals surface area contributed by atoms with E-state index in [0.717, 1.165) is 75.6 Å². The Hall–Kier alpha value is -5.00. The molecule has 0 radical (unpaired) electrons. The Morgan fingerprint density at radius 1 is 0.480 bits per heavy atom. The zero-order valence-corrected chi connectivity index (χ0v) is 65.5. The van der Waals surface area contributed by atoms with Crippen molar-refractivity contribution in [2.75, 3.05) is 72.2 Å². The molecule has 6 atom stereocenters. The third-order valence-corrected chi connectivity index (χ3v) is 28.0. The summed E-state index contributed by atoms with van der Waals surface area (Å²) in [6.45, 7) is 42.6. The average molecular weight is 1420 g/mol. The van der Waals surface area contributed by atoms with Gasteiger partial charge in [0.1, 0.15) is 6.29 Å². The van der Waals surface area contributed by atoms with E-state index in [4.69, 9.17) is 24.4 Å². The summed E-state index contributed by atoms with van der Waals surface area (Å²) in [4.78, 5) is 53.2. The van der Waals surface area contributed by atoms with Gasteiger partial charge in [0.2, 0.25) is 0 Å². The number of likely N-dealkylation sites (tertiary alicyclic amines) is 2. The highest BCUT2D eigenvalue weighted by molar-refractivity contribution is 7.10. The minimum Gasteiger partial charge on any atom is -0.466 e. The van der Waals surface area contributed by atoms with Crippen molar-refractivity contribution < 1.29 is 29.0 Å². The first-order valence-corrected chi connectivity index (χ1v) is 41.1. The van der Waals surface area contributed by atoms with Crippen LogP contribution in [0, 0.1) is 35.5 Å². The van der Waals surface area contributed by atoms with Crippen LogP contribution in [0.3, 0.4) is 0 Å². The van der Waals surface area contributed by atoms with Crippen LogP contribution in [0.2, 0.25) is 0 Å². The number of carbonyl (C=O) groups is 3. The summed E-state index contributed by atoms with van der Waals surface area (Å²) < 4.78 is 9.89. The fraction of sp³-hybridized carbons (Fsp3) is 0.647. The molecular weight excluding hydrogens is 1300 g/mol. The van der Waals surface area contributed by atoms with Crippen LogP contribution in [0.1, 0.15) is 259 Å². The number of nitrogens with zero attached hydrogens (tertiary/aromatic N) is 5. The van der Waals surface area contributed by atoms with E-state index in [-0.39, 0.29) is 62.2 Å². The van der Waals surface area contributed by atoms with E-state index < -0.39 is 0 Å². The molecule has 542 valence electrons. The fourth-order valence-electron chi connectivity index (χ4n) is 17.2. The van der Waals surface area contributed by atoms with Gasteiger partial charge in [-0.05, 0) is 251 Å². The summed E-state index contributed by atoms with van der Waals surface area (Å²) >= 11 is 5.54. The summed E-state index contributed by atoms with van der Waals surface area (Å²) in [6.07, 6.45) is 18.4. The zero-order valence-electron chi connectivity index (χ0n) is 63.0. The molecule has 100 heavy (non-hydrogen) atoms. The van der Waals surface area contributed by atoms with Gasteiger partial charge in [-0.2, -0.15) is 0 Å². The summed E-state index contributed by atoms with van der Waals surface area (Å²) in [5.41, 5.74) is 17.9. The van der Waals surface area contributed by atoms with Gasteiger partial charge in [0.15, 0.2) is 0 Å². The number of hydrogen-bond acceptors (Lipinski definition) is 15. The van der Waals surface area contributed by atoms with Crippen molar-refractivity contribution in [1.29, 1.82) is 0 Å². The number of fused-ring (bicyclic) bond motifs is 3. The van der Waals surface area contributed by atoms with Crippen LogP contribution in [0.25, 0.3) is 33.8 Å². The van der Waals surface area contributed by atoms with Gasteiger partial charge in [-0.1, -0.05) is 119 Å². The maximum Gasteiger partial charge on any atom is 0.309 e. The van der Waals surface area contributed by atoms with E-state index in [0.29, 0.717) is 55.8 Å². The largest absolute Gasteiger partial charge is 0.466 e. The molecule has 6 fully saturated rings. The molecule has 12 nitrogen and oxygen atoms in total. The molecule has 3 saturated heterocycles. The smallest absolute Gasteiger partial charge is 0.309 e. The van der Waals surface area contributed by atoms with Crippen molar-refractivity contribution in [3.05, 3.63) is 119 Å². The molecule has 0 bridgehead atoms. The molecule has 2 N–H and O–H groups in total. The van der Waals surface area contributed by atoms with Crippen molar-refractivity contribution in [2.24, 2.45) is 35.5 Å². The topological polar surface area (TPSA) is 147 Å².